The third-order valence-electron chi connectivity index (χ3n) is 2.89. The quantitative estimate of drug-likeness (QED) is 0.815. The molecule has 122 valence electrons. The summed E-state index contributed by atoms with van der Waals surface area (Å²) in [5, 5.41) is 2.85. The first-order valence-corrected chi connectivity index (χ1v) is 7.67. The highest BCUT2D eigenvalue weighted by Gasteiger charge is 2.15. The summed E-state index contributed by atoms with van der Waals surface area (Å²) in [7, 11) is 0. The lowest BCUT2D eigenvalue weighted by atomic mass is 10.2. The summed E-state index contributed by atoms with van der Waals surface area (Å²) in [5.41, 5.74) is 0.680. The smallest absolute Gasteiger partial charge is 0.256 e. The number of nitrogens with zero attached hydrogens (tertiary/aromatic N) is 1. The Morgan fingerprint density at radius 1 is 1.35 bits per heavy atom. The van der Waals surface area contributed by atoms with Crippen LogP contribution in [0.15, 0.2) is 30.5 Å². The van der Waals surface area contributed by atoms with Crippen molar-refractivity contribution in [3.63, 3.8) is 0 Å². The number of carbonyl (C=O) groups is 1. The van der Waals surface area contributed by atoms with E-state index in [-0.39, 0.29) is 34.1 Å². The van der Waals surface area contributed by atoms with Gasteiger partial charge in [-0.15, -0.1) is 0 Å². The molecule has 0 aliphatic carbocycles. The molecule has 0 saturated carbocycles. The summed E-state index contributed by atoms with van der Waals surface area (Å²) < 4.78 is 19.2. The lowest BCUT2D eigenvalue weighted by molar-refractivity contribution is 0.0951. The van der Waals surface area contributed by atoms with Crippen molar-refractivity contribution >= 4 is 29.1 Å². The number of halogens is 3. The molecule has 1 N–H and O–H groups in total. The highest BCUT2D eigenvalue weighted by Crippen LogP contribution is 2.22. The fourth-order valence-corrected chi connectivity index (χ4v) is 2.42. The number of rotatable bonds is 5. The second kappa shape index (κ2) is 7.62. The van der Waals surface area contributed by atoms with Gasteiger partial charge in [0.25, 0.3) is 5.91 Å². The number of pyridine rings is 1. The van der Waals surface area contributed by atoms with Crippen molar-refractivity contribution in [1.82, 2.24) is 10.3 Å². The van der Waals surface area contributed by atoms with Crippen molar-refractivity contribution in [1.29, 1.82) is 0 Å². The maximum absolute atomic E-state index is 13.9. The molecule has 0 radical (unpaired) electrons. The van der Waals surface area contributed by atoms with Crippen molar-refractivity contribution in [3.8, 4) is 5.75 Å². The van der Waals surface area contributed by atoms with E-state index in [1.165, 1.54) is 24.4 Å². The molecule has 2 aromatic rings. The van der Waals surface area contributed by atoms with E-state index < -0.39 is 11.7 Å². The minimum atomic E-state index is -0.483. The highest BCUT2D eigenvalue weighted by atomic mass is 35.5. The first-order chi connectivity index (χ1) is 10.9. The van der Waals surface area contributed by atoms with E-state index in [0.717, 1.165) is 0 Å². The van der Waals surface area contributed by atoms with Gasteiger partial charge in [-0.1, -0.05) is 29.3 Å². The van der Waals surface area contributed by atoms with Gasteiger partial charge in [0.05, 0.1) is 16.7 Å². The molecule has 7 heteroatoms. The molecule has 1 heterocycles. The second-order valence-corrected chi connectivity index (χ2v) is 5.84. The van der Waals surface area contributed by atoms with E-state index in [4.69, 9.17) is 27.9 Å². The van der Waals surface area contributed by atoms with Crippen LogP contribution in [0.3, 0.4) is 0 Å². The van der Waals surface area contributed by atoms with Gasteiger partial charge in [-0.25, -0.2) is 9.37 Å². The molecule has 0 bridgehead atoms. The van der Waals surface area contributed by atoms with E-state index in [2.05, 4.69) is 10.3 Å². The molecule has 0 aliphatic heterocycles. The molecule has 0 unspecified atom stereocenters. The van der Waals surface area contributed by atoms with Gasteiger partial charge in [-0.2, -0.15) is 0 Å². The van der Waals surface area contributed by atoms with Crippen LogP contribution in [-0.2, 0) is 6.54 Å². The van der Waals surface area contributed by atoms with Gasteiger partial charge in [0, 0.05) is 12.7 Å². The number of amides is 1. The first-order valence-electron chi connectivity index (χ1n) is 6.91. The summed E-state index contributed by atoms with van der Waals surface area (Å²) in [5.74, 6) is -0.785. The van der Waals surface area contributed by atoms with Crippen LogP contribution < -0.4 is 10.1 Å². The number of hydrogen-bond donors (Lipinski definition) is 1. The van der Waals surface area contributed by atoms with Gasteiger partial charge in [0.2, 0.25) is 0 Å². The molecule has 1 amide bonds. The predicted octanol–water partition coefficient (Wildman–Crippen LogP) is 4.24. The number of aromatic nitrogens is 1. The molecule has 0 spiro atoms. The van der Waals surface area contributed by atoms with Crippen molar-refractivity contribution in [2.45, 2.75) is 26.5 Å². The largest absolute Gasteiger partial charge is 0.488 e. The maximum atomic E-state index is 13.9. The number of benzene rings is 1. The molecular weight excluding hydrogens is 342 g/mol. The van der Waals surface area contributed by atoms with Crippen LogP contribution in [0, 0.1) is 5.82 Å². The molecular formula is C16H15Cl2FN2O2. The van der Waals surface area contributed by atoms with E-state index in [0.29, 0.717) is 5.56 Å². The predicted molar refractivity (Wildman–Crippen MR) is 87.6 cm³/mol. The Kier molecular flexibility index (Phi) is 5.80. The number of ether oxygens (including phenoxy) is 1. The summed E-state index contributed by atoms with van der Waals surface area (Å²) in [6.07, 6.45) is 1.29. The fourth-order valence-electron chi connectivity index (χ4n) is 1.89. The molecule has 0 atom stereocenters. The average molecular weight is 357 g/mol. The SMILES string of the molecule is CC(C)Oc1ccc(CNC(=O)c2c(Cl)ccnc2Cl)cc1F. The Labute approximate surface area is 143 Å². The molecule has 4 nitrogen and oxygen atoms in total. The zero-order valence-corrected chi connectivity index (χ0v) is 14.1. The lowest BCUT2D eigenvalue weighted by Gasteiger charge is -2.12. The van der Waals surface area contributed by atoms with Gasteiger partial charge in [0.15, 0.2) is 11.6 Å². The van der Waals surface area contributed by atoms with E-state index in [1.807, 2.05) is 13.8 Å². The number of carbonyl (C=O) groups excluding carboxylic acids is 1. The molecule has 1 aromatic heterocycles. The fraction of sp³-hybridized carbons (Fsp3) is 0.250. The lowest BCUT2D eigenvalue weighted by Crippen LogP contribution is -2.23. The Balaban J connectivity index is 2.06. The van der Waals surface area contributed by atoms with Crippen LogP contribution in [0.4, 0.5) is 4.39 Å². The summed E-state index contributed by atoms with van der Waals surface area (Å²) >= 11 is 11.8. The molecule has 0 aliphatic rings. The molecule has 23 heavy (non-hydrogen) atoms. The Hall–Kier alpha value is -1.85. The Morgan fingerprint density at radius 3 is 2.70 bits per heavy atom. The van der Waals surface area contributed by atoms with Crippen LogP contribution >= 0.6 is 23.2 Å². The molecule has 2 rings (SSSR count). The summed E-state index contributed by atoms with van der Waals surface area (Å²) in [6, 6.07) is 5.99. The second-order valence-electron chi connectivity index (χ2n) is 5.07. The van der Waals surface area contributed by atoms with Gasteiger partial charge in [-0.3, -0.25) is 4.79 Å². The van der Waals surface area contributed by atoms with Crippen molar-refractivity contribution in [2.24, 2.45) is 0 Å². The minimum Gasteiger partial charge on any atom is -0.488 e. The van der Waals surface area contributed by atoms with Gasteiger partial charge < -0.3 is 10.1 Å². The van der Waals surface area contributed by atoms with E-state index >= 15 is 0 Å². The average Bonchev–Trinajstić information content (AvgIpc) is 2.47. The van der Waals surface area contributed by atoms with Gasteiger partial charge in [-0.05, 0) is 37.6 Å². The third kappa shape index (κ3) is 4.56. The summed E-state index contributed by atoms with van der Waals surface area (Å²) in [6.45, 7) is 3.75. The number of nitrogens with one attached hydrogen (secondary N) is 1. The topological polar surface area (TPSA) is 51.2 Å². The third-order valence-corrected chi connectivity index (χ3v) is 3.49. The Bertz CT molecular complexity index is 703. The normalized spacial score (nSPS) is 10.7. The van der Waals surface area contributed by atoms with Gasteiger partial charge >= 0.3 is 0 Å². The van der Waals surface area contributed by atoms with Crippen LogP contribution in [0.25, 0.3) is 0 Å². The van der Waals surface area contributed by atoms with E-state index in [1.54, 1.807) is 6.07 Å². The van der Waals surface area contributed by atoms with E-state index in [9.17, 15) is 9.18 Å². The number of hydrogen-bond acceptors (Lipinski definition) is 3. The van der Waals surface area contributed by atoms with Gasteiger partial charge in [0.1, 0.15) is 5.15 Å². The van der Waals surface area contributed by atoms with Crippen molar-refractivity contribution < 1.29 is 13.9 Å². The van der Waals surface area contributed by atoms with Crippen LogP contribution in [-0.4, -0.2) is 17.0 Å². The minimum absolute atomic E-state index is 0.0156. The van der Waals surface area contributed by atoms with Crippen LogP contribution in [0.5, 0.6) is 5.75 Å². The zero-order chi connectivity index (χ0) is 17.0. The monoisotopic (exact) mass is 356 g/mol. The zero-order valence-electron chi connectivity index (χ0n) is 12.6. The molecule has 1 aromatic carbocycles. The van der Waals surface area contributed by atoms with Crippen molar-refractivity contribution in [2.75, 3.05) is 0 Å². The van der Waals surface area contributed by atoms with Crippen LogP contribution in [0.1, 0.15) is 29.8 Å². The van der Waals surface area contributed by atoms with Crippen LogP contribution in [0.2, 0.25) is 10.2 Å². The first kappa shape index (κ1) is 17.5. The molecule has 0 saturated heterocycles. The molecule has 0 fully saturated rings. The highest BCUT2D eigenvalue weighted by molar-refractivity contribution is 6.38. The maximum Gasteiger partial charge on any atom is 0.256 e. The summed E-state index contributed by atoms with van der Waals surface area (Å²) in [4.78, 5) is 15.9. The van der Waals surface area contributed by atoms with Crippen molar-refractivity contribution in [3.05, 3.63) is 57.6 Å². The standard InChI is InChI=1S/C16H15Cl2FN2O2/c1-9(2)23-13-4-3-10(7-12(13)19)8-21-16(22)14-11(17)5-6-20-15(14)18/h3-7,9H,8H2,1-2H3,(H,21,22). The Morgan fingerprint density at radius 2 is 2.09 bits per heavy atom.